The Labute approximate surface area is 143 Å². The molecule has 1 aliphatic heterocycles. The van der Waals surface area contributed by atoms with Crippen molar-refractivity contribution in [2.24, 2.45) is 5.10 Å². The summed E-state index contributed by atoms with van der Waals surface area (Å²) in [7, 11) is 0. The minimum Gasteiger partial charge on any atom is -0.322 e. The number of hydrogen-bond donors (Lipinski definition) is 1. The molecule has 2 aromatic carbocycles. The first-order valence-electron chi connectivity index (χ1n) is 8.48. The highest BCUT2D eigenvalue weighted by molar-refractivity contribution is 6.04. The molecule has 1 saturated heterocycles. The average Bonchev–Trinajstić information content (AvgIpc) is 2.62. The Hall–Kier alpha value is -2.62. The van der Waals surface area contributed by atoms with Crippen LogP contribution >= 0.6 is 0 Å². The second-order valence-electron chi connectivity index (χ2n) is 6.20. The van der Waals surface area contributed by atoms with Crippen LogP contribution in [0.5, 0.6) is 0 Å². The van der Waals surface area contributed by atoms with Gasteiger partial charge in [0.1, 0.15) is 0 Å². The molecule has 1 aliphatic rings. The van der Waals surface area contributed by atoms with Crippen molar-refractivity contribution in [2.45, 2.75) is 26.2 Å². The summed E-state index contributed by atoms with van der Waals surface area (Å²) >= 11 is 0. The van der Waals surface area contributed by atoms with E-state index >= 15 is 0 Å². The molecule has 4 heteroatoms. The minimum atomic E-state index is -0.0971. The number of hydrogen-bond acceptors (Lipinski definition) is 3. The quantitative estimate of drug-likeness (QED) is 0.863. The molecule has 0 atom stereocenters. The van der Waals surface area contributed by atoms with E-state index in [-0.39, 0.29) is 5.91 Å². The molecule has 0 spiro atoms. The van der Waals surface area contributed by atoms with E-state index < -0.39 is 0 Å². The van der Waals surface area contributed by atoms with Gasteiger partial charge in [0, 0.05) is 24.3 Å². The number of hydrazone groups is 1. The van der Waals surface area contributed by atoms with Crippen molar-refractivity contribution in [3.63, 3.8) is 0 Å². The molecular formula is C20H23N3O. The number of benzene rings is 2. The van der Waals surface area contributed by atoms with Gasteiger partial charge < -0.3 is 5.32 Å². The molecule has 2 aromatic rings. The largest absolute Gasteiger partial charge is 0.322 e. The van der Waals surface area contributed by atoms with Crippen LogP contribution in [0.15, 0.2) is 53.6 Å². The van der Waals surface area contributed by atoms with Crippen molar-refractivity contribution < 1.29 is 4.79 Å². The summed E-state index contributed by atoms with van der Waals surface area (Å²) in [4.78, 5) is 12.3. The molecule has 1 heterocycles. The normalized spacial score (nSPS) is 14.8. The van der Waals surface area contributed by atoms with Crippen molar-refractivity contribution in [3.8, 4) is 0 Å². The highest BCUT2D eigenvalue weighted by atomic mass is 16.1. The molecule has 0 saturated carbocycles. The molecule has 3 rings (SSSR count). The Kier molecular flexibility index (Phi) is 5.26. The van der Waals surface area contributed by atoms with Crippen LogP contribution in [-0.2, 0) is 0 Å². The number of nitrogens with one attached hydrogen (secondary N) is 1. The summed E-state index contributed by atoms with van der Waals surface area (Å²) < 4.78 is 0. The molecule has 124 valence electrons. The number of rotatable bonds is 4. The third-order valence-electron chi connectivity index (χ3n) is 4.16. The van der Waals surface area contributed by atoms with Gasteiger partial charge in [-0.1, -0.05) is 29.8 Å². The molecule has 0 bridgehead atoms. The molecule has 4 nitrogen and oxygen atoms in total. The first-order valence-corrected chi connectivity index (χ1v) is 8.48. The predicted octanol–water partition coefficient (Wildman–Crippen LogP) is 4.07. The smallest absolute Gasteiger partial charge is 0.255 e. The number of amides is 1. The maximum atomic E-state index is 12.3. The van der Waals surface area contributed by atoms with Gasteiger partial charge in [-0.05, 0) is 56.0 Å². The Bertz CT molecular complexity index is 716. The van der Waals surface area contributed by atoms with E-state index in [4.69, 9.17) is 0 Å². The number of anilines is 1. The fraction of sp³-hybridized carbons (Fsp3) is 0.300. The van der Waals surface area contributed by atoms with Gasteiger partial charge >= 0.3 is 0 Å². The second kappa shape index (κ2) is 7.77. The zero-order chi connectivity index (χ0) is 16.8. The highest BCUT2D eigenvalue weighted by Gasteiger charge is 2.07. The van der Waals surface area contributed by atoms with Crippen LogP contribution in [0.4, 0.5) is 5.69 Å². The first-order chi connectivity index (χ1) is 11.7. The van der Waals surface area contributed by atoms with E-state index in [2.05, 4.69) is 15.4 Å². The SMILES string of the molecule is Cc1ccc(C(=O)Nc2cccc(C=NN3CCCCC3)c2)cc1. The van der Waals surface area contributed by atoms with Crippen LogP contribution in [0, 0.1) is 6.92 Å². The Morgan fingerprint density at radius 2 is 1.83 bits per heavy atom. The topological polar surface area (TPSA) is 44.7 Å². The summed E-state index contributed by atoms with van der Waals surface area (Å²) in [5.41, 5.74) is 3.57. The van der Waals surface area contributed by atoms with Crippen LogP contribution in [0.25, 0.3) is 0 Å². The van der Waals surface area contributed by atoms with Crippen LogP contribution in [0.2, 0.25) is 0 Å². The number of carbonyl (C=O) groups is 1. The van der Waals surface area contributed by atoms with Crippen molar-refractivity contribution in [1.29, 1.82) is 0 Å². The summed E-state index contributed by atoms with van der Waals surface area (Å²) in [5, 5.41) is 9.59. The van der Waals surface area contributed by atoms with Crippen LogP contribution in [0.1, 0.15) is 40.7 Å². The van der Waals surface area contributed by atoms with E-state index in [1.165, 1.54) is 19.3 Å². The van der Waals surface area contributed by atoms with Gasteiger partial charge in [-0.15, -0.1) is 0 Å². The standard InChI is InChI=1S/C20H23N3O/c1-16-8-10-18(11-9-16)20(24)22-19-7-5-6-17(14-19)15-21-23-12-3-2-4-13-23/h5-11,14-15H,2-4,12-13H2,1H3,(H,22,24). The number of carbonyl (C=O) groups excluding carboxylic acids is 1. The molecular weight excluding hydrogens is 298 g/mol. The molecule has 0 aromatic heterocycles. The third-order valence-corrected chi connectivity index (χ3v) is 4.16. The monoisotopic (exact) mass is 321 g/mol. The second-order valence-corrected chi connectivity index (χ2v) is 6.20. The Morgan fingerprint density at radius 1 is 1.08 bits per heavy atom. The Balaban J connectivity index is 1.65. The molecule has 0 unspecified atom stereocenters. The lowest BCUT2D eigenvalue weighted by molar-refractivity contribution is 0.102. The van der Waals surface area contributed by atoms with Crippen LogP contribution in [0.3, 0.4) is 0 Å². The average molecular weight is 321 g/mol. The van der Waals surface area contributed by atoms with Gasteiger partial charge in [0.2, 0.25) is 0 Å². The zero-order valence-corrected chi connectivity index (χ0v) is 14.0. The van der Waals surface area contributed by atoms with Crippen LogP contribution in [-0.4, -0.2) is 30.2 Å². The van der Waals surface area contributed by atoms with E-state index in [9.17, 15) is 4.79 Å². The van der Waals surface area contributed by atoms with Crippen LogP contribution < -0.4 is 5.32 Å². The van der Waals surface area contributed by atoms with Crippen molar-refractivity contribution in [2.75, 3.05) is 18.4 Å². The fourth-order valence-corrected chi connectivity index (χ4v) is 2.75. The predicted molar refractivity (Wildman–Crippen MR) is 98.6 cm³/mol. The molecule has 1 fully saturated rings. The maximum absolute atomic E-state index is 12.3. The summed E-state index contributed by atoms with van der Waals surface area (Å²) in [6, 6.07) is 15.3. The van der Waals surface area contributed by atoms with Crippen molar-refractivity contribution in [3.05, 3.63) is 65.2 Å². The van der Waals surface area contributed by atoms with Gasteiger partial charge in [-0.25, -0.2) is 0 Å². The van der Waals surface area contributed by atoms with Crippen molar-refractivity contribution in [1.82, 2.24) is 5.01 Å². The lowest BCUT2D eigenvalue weighted by atomic mass is 10.1. The lowest BCUT2D eigenvalue weighted by Crippen LogP contribution is -2.24. The minimum absolute atomic E-state index is 0.0971. The summed E-state index contributed by atoms with van der Waals surface area (Å²) in [6.07, 6.45) is 5.59. The van der Waals surface area contributed by atoms with E-state index in [1.54, 1.807) is 0 Å². The molecule has 1 N–H and O–H groups in total. The fourth-order valence-electron chi connectivity index (χ4n) is 2.75. The molecule has 0 aliphatic carbocycles. The zero-order valence-electron chi connectivity index (χ0n) is 14.0. The summed E-state index contributed by atoms with van der Waals surface area (Å²) in [6.45, 7) is 4.06. The molecule has 0 radical (unpaired) electrons. The van der Waals surface area contributed by atoms with Gasteiger partial charge in [-0.3, -0.25) is 9.80 Å². The first kappa shape index (κ1) is 16.2. The van der Waals surface area contributed by atoms with Gasteiger partial charge in [-0.2, -0.15) is 5.10 Å². The van der Waals surface area contributed by atoms with Gasteiger partial charge in [0.15, 0.2) is 0 Å². The van der Waals surface area contributed by atoms with E-state index in [0.717, 1.165) is 29.9 Å². The van der Waals surface area contributed by atoms with Crippen molar-refractivity contribution >= 4 is 17.8 Å². The van der Waals surface area contributed by atoms with E-state index in [0.29, 0.717) is 5.56 Å². The van der Waals surface area contributed by atoms with E-state index in [1.807, 2.05) is 61.7 Å². The van der Waals surface area contributed by atoms with Gasteiger partial charge in [0.05, 0.1) is 6.21 Å². The highest BCUT2D eigenvalue weighted by Crippen LogP contribution is 2.13. The maximum Gasteiger partial charge on any atom is 0.255 e. The Morgan fingerprint density at radius 3 is 2.58 bits per heavy atom. The van der Waals surface area contributed by atoms with Gasteiger partial charge in [0.25, 0.3) is 5.91 Å². The lowest BCUT2D eigenvalue weighted by Gasteiger charge is -2.23. The number of aryl methyl sites for hydroxylation is 1. The number of piperidine rings is 1. The third kappa shape index (κ3) is 4.44. The molecule has 24 heavy (non-hydrogen) atoms. The molecule has 1 amide bonds. The summed E-state index contributed by atoms with van der Waals surface area (Å²) in [5.74, 6) is -0.0971. The number of nitrogens with zero attached hydrogens (tertiary/aromatic N) is 2.